The van der Waals surface area contributed by atoms with Crippen molar-refractivity contribution in [1.29, 1.82) is 0 Å². The third-order valence-electron chi connectivity index (χ3n) is 5.21. The summed E-state index contributed by atoms with van der Waals surface area (Å²) < 4.78 is 10.3. The van der Waals surface area contributed by atoms with Crippen LogP contribution in [-0.4, -0.2) is 67.6 Å². The zero-order valence-electron chi connectivity index (χ0n) is 16.3. The van der Waals surface area contributed by atoms with Crippen molar-refractivity contribution < 1.29 is 23.9 Å². The van der Waals surface area contributed by atoms with Crippen molar-refractivity contribution in [2.45, 2.75) is 19.9 Å². The molecular weight excluding hydrogens is 362 g/mol. The fourth-order valence-corrected chi connectivity index (χ4v) is 3.48. The smallest absolute Gasteiger partial charge is 0.409 e. The zero-order chi connectivity index (χ0) is 20.1. The number of piperazine rings is 1. The summed E-state index contributed by atoms with van der Waals surface area (Å²) in [4.78, 5) is 40.1. The Labute approximate surface area is 164 Å². The maximum atomic E-state index is 12.6. The van der Waals surface area contributed by atoms with E-state index in [4.69, 9.17) is 9.47 Å². The second-order valence-electron chi connectivity index (χ2n) is 6.99. The van der Waals surface area contributed by atoms with Crippen molar-refractivity contribution >= 4 is 17.9 Å². The van der Waals surface area contributed by atoms with Crippen molar-refractivity contribution in [2.24, 2.45) is 11.8 Å². The summed E-state index contributed by atoms with van der Waals surface area (Å²) in [5.41, 5.74) is 0.900. The van der Waals surface area contributed by atoms with E-state index in [9.17, 15) is 14.4 Å². The van der Waals surface area contributed by atoms with Crippen LogP contribution in [0.15, 0.2) is 24.3 Å². The highest BCUT2D eigenvalue weighted by atomic mass is 16.6. The Morgan fingerprint density at radius 1 is 1.07 bits per heavy atom. The normalized spacial score (nSPS) is 21.1. The van der Waals surface area contributed by atoms with Crippen LogP contribution in [0.1, 0.15) is 18.9 Å². The van der Waals surface area contributed by atoms with Gasteiger partial charge >= 0.3 is 6.09 Å². The molecule has 1 aliphatic heterocycles. The molecule has 28 heavy (non-hydrogen) atoms. The molecule has 1 N–H and O–H groups in total. The molecule has 1 aromatic rings. The van der Waals surface area contributed by atoms with Crippen molar-refractivity contribution in [3.05, 3.63) is 29.8 Å². The van der Waals surface area contributed by atoms with Gasteiger partial charge in [0, 0.05) is 38.3 Å². The molecule has 1 heterocycles. The molecule has 8 nitrogen and oxygen atoms in total. The lowest BCUT2D eigenvalue weighted by Crippen LogP contribution is -2.51. The first-order chi connectivity index (χ1) is 13.5. The molecule has 3 amide bonds. The Kier molecular flexibility index (Phi) is 6.38. The van der Waals surface area contributed by atoms with Crippen LogP contribution in [0.25, 0.3) is 0 Å². The number of ether oxygens (including phenoxy) is 2. The molecule has 2 aliphatic rings. The van der Waals surface area contributed by atoms with Crippen LogP contribution in [0, 0.1) is 11.8 Å². The highest BCUT2D eigenvalue weighted by Crippen LogP contribution is 2.40. The summed E-state index contributed by atoms with van der Waals surface area (Å²) in [6, 6.07) is 7.52. The van der Waals surface area contributed by atoms with Crippen molar-refractivity contribution in [3.8, 4) is 5.75 Å². The summed E-state index contributed by atoms with van der Waals surface area (Å²) in [7, 11) is 1.60. The molecule has 1 aromatic carbocycles. The Hall–Kier alpha value is -2.77. The van der Waals surface area contributed by atoms with Gasteiger partial charge < -0.3 is 24.6 Å². The van der Waals surface area contributed by atoms with E-state index in [1.165, 1.54) is 0 Å². The minimum absolute atomic E-state index is 0.000880. The van der Waals surface area contributed by atoms with Gasteiger partial charge in [-0.25, -0.2) is 4.79 Å². The average Bonchev–Trinajstić information content (AvgIpc) is 3.53. The van der Waals surface area contributed by atoms with Crippen LogP contribution >= 0.6 is 0 Å². The Bertz CT molecular complexity index is 730. The maximum absolute atomic E-state index is 12.6. The van der Waals surface area contributed by atoms with E-state index in [1.807, 2.05) is 24.3 Å². The lowest BCUT2D eigenvalue weighted by Gasteiger charge is -2.34. The van der Waals surface area contributed by atoms with Crippen LogP contribution < -0.4 is 10.1 Å². The number of carbonyl (C=O) groups is 3. The van der Waals surface area contributed by atoms with Crippen molar-refractivity contribution in [3.63, 3.8) is 0 Å². The second kappa shape index (κ2) is 8.95. The summed E-state index contributed by atoms with van der Waals surface area (Å²) in [5, 5.41) is 2.90. The van der Waals surface area contributed by atoms with Gasteiger partial charge in [-0.05, 0) is 19.4 Å². The van der Waals surface area contributed by atoms with Crippen molar-refractivity contribution in [1.82, 2.24) is 15.1 Å². The molecule has 1 saturated heterocycles. The number of nitrogens with zero attached hydrogens (tertiary/aromatic N) is 2. The lowest BCUT2D eigenvalue weighted by atomic mass is 10.2. The van der Waals surface area contributed by atoms with Gasteiger partial charge in [-0.15, -0.1) is 0 Å². The molecule has 2 unspecified atom stereocenters. The van der Waals surface area contributed by atoms with Crippen molar-refractivity contribution in [2.75, 3.05) is 39.9 Å². The van der Waals surface area contributed by atoms with Gasteiger partial charge in [-0.3, -0.25) is 9.59 Å². The van der Waals surface area contributed by atoms with Crippen LogP contribution in [0.2, 0.25) is 0 Å². The molecule has 1 saturated carbocycles. The summed E-state index contributed by atoms with van der Waals surface area (Å²) in [6.07, 6.45) is 0.240. The fraction of sp³-hybridized carbons (Fsp3) is 0.550. The Morgan fingerprint density at radius 2 is 1.75 bits per heavy atom. The third kappa shape index (κ3) is 4.55. The molecule has 0 radical (unpaired) electrons. The summed E-state index contributed by atoms with van der Waals surface area (Å²) in [5.74, 6) is 0.0955. The predicted octanol–water partition coefficient (Wildman–Crippen LogP) is 1.25. The molecule has 3 rings (SSSR count). The molecule has 0 aromatic heterocycles. The number of benzene rings is 1. The summed E-state index contributed by atoms with van der Waals surface area (Å²) in [6.45, 7) is 4.35. The standard InChI is InChI=1S/C20H27N3O5/c1-3-28-20(26)23-10-8-22(9-11-23)19(25)16-12-15(16)18(24)21-13-14-6-4-5-7-17(14)27-2/h4-7,15-16H,3,8-13H2,1-2H3,(H,21,24). The first-order valence-electron chi connectivity index (χ1n) is 9.65. The van der Waals surface area contributed by atoms with Gasteiger partial charge in [-0.1, -0.05) is 18.2 Å². The first-order valence-corrected chi connectivity index (χ1v) is 9.65. The zero-order valence-corrected chi connectivity index (χ0v) is 16.3. The molecular formula is C20H27N3O5. The Balaban J connectivity index is 1.44. The lowest BCUT2D eigenvalue weighted by molar-refractivity contribution is -0.136. The van der Waals surface area contributed by atoms with Crippen LogP contribution in [0.5, 0.6) is 5.75 Å². The van der Waals surface area contributed by atoms with Crippen LogP contribution in [-0.2, 0) is 20.9 Å². The van der Waals surface area contributed by atoms with E-state index in [0.29, 0.717) is 45.8 Å². The average molecular weight is 389 g/mol. The highest BCUT2D eigenvalue weighted by molar-refractivity contribution is 5.92. The van der Waals surface area contributed by atoms with Gasteiger partial charge in [0.05, 0.1) is 25.6 Å². The van der Waals surface area contributed by atoms with Gasteiger partial charge in [-0.2, -0.15) is 0 Å². The molecule has 1 aliphatic carbocycles. The number of hydrogen-bond acceptors (Lipinski definition) is 5. The van der Waals surface area contributed by atoms with E-state index in [2.05, 4.69) is 5.32 Å². The quantitative estimate of drug-likeness (QED) is 0.791. The number of nitrogens with one attached hydrogen (secondary N) is 1. The molecule has 0 bridgehead atoms. The maximum Gasteiger partial charge on any atom is 0.409 e. The molecule has 152 valence electrons. The fourth-order valence-electron chi connectivity index (χ4n) is 3.48. The minimum Gasteiger partial charge on any atom is -0.496 e. The topological polar surface area (TPSA) is 88.2 Å². The van der Waals surface area contributed by atoms with E-state index in [0.717, 1.165) is 11.3 Å². The van der Waals surface area contributed by atoms with Crippen LogP contribution in [0.4, 0.5) is 4.79 Å². The third-order valence-corrected chi connectivity index (χ3v) is 5.21. The van der Waals surface area contributed by atoms with E-state index in [-0.39, 0.29) is 29.7 Å². The number of para-hydroxylation sites is 1. The molecule has 2 atom stereocenters. The number of amides is 3. The summed E-state index contributed by atoms with van der Waals surface area (Å²) >= 11 is 0. The second-order valence-corrected chi connectivity index (χ2v) is 6.99. The van der Waals surface area contributed by atoms with Gasteiger partial charge in [0.2, 0.25) is 11.8 Å². The molecule has 0 spiro atoms. The SMILES string of the molecule is CCOC(=O)N1CCN(C(=O)C2CC2C(=O)NCc2ccccc2OC)CC1. The van der Waals surface area contributed by atoms with E-state index < -0.39 is 0 Å². The number of methoxy groups -OCH3 is 1. The van der Waals surface area contributed by atoms with E-state index in [1.54, 1.807) is 23.8 Å². The Morgan fingerprint density at radius 3 is 2.43 bits per heavy atom. The van der Waals surface area contributed by atoms with Gasteiger partial charge in [0.1, 0.15) is 5.75 Å². The van der Waals surface area contributed by atoms with Gasteiger partial charge in [0.25, 0.3) is 0 Å². The first kappa shape index (κ1) is 20.0. The number of carbonyl (C=O) groups excluding carboxylic acids is 3. The van der Waals surface area contributed by atoms with Gasteiger partial charge in [0.15, 0.2) is 0 Å². The largest absolute Gasteiger partial charge is 0.496 e. The number of hydrogen-bond donors (Lipinski definition) is 1. The number of rotatable bonds is 6. The predicted molar refractivity (Wildman–Crippen MR) is 102 cm³/mol. The monoisotopic (exact) mass is 389 g/mol. The highest BCUT2D eigenvalue weighted by Gasteiger charge is 2.49. The molecule has 2 fully saturated rings. The van der Waals surface area contributed by atoms with Crippen LogP contribution in [0.3, 0.4) is 0 Å². The van der Waals surface area contributed by atoms with E-state index >= 15 is 0 Å². The minimum atomic E-state index is -0.338. The molecule has 8 heteroatoms.